The van der Waals surface area contributed by atoms with Crippen molar-refractivity contribution in [2.75, 3.05) is 14.2 Å². The van der Waals surface area contributed by atoms with Crippen molar-refractivity contribution in [1.29, 1.82) is 0 Å². The topological polar surface area (TPSA) is 115 Å². The normalized spacial score (nSPS) is 11.9. The lowest BCUT2D eigenvalue weighted by molar-refractivity contribution is -0.122. The third-order valence-electron chi connectivity index (χ3n) is 5.31. The summed E-state index contributed by atoms with van der Waals surface area (Å²) in [5.41, 5.74) is 8.50. The van der Waals surface area contributed by atoms with Crippen molar-refractivity contribution in [1.82, 2.24) is 10.6 Å². The first-order chi connectivity index (χ1) is 17.4. The van der Waals surface area contributed by atoms with Crippen LogP contribution in [0.15, 0.2) is 77.8 Å². The fraction of sp³-hybridized carbons (Fsp3) is 0.222. The van der Waals surface area contributed by atoms with Crippen LogP contribution in [0.4, 0.5) is 0 Å². The van der Waals surface area contributed by atoms with Crippen LogP contribution in [0.25, 0.3) is 0 Å². The van der Waals surface area contributed by atoms with E-state index in [-0.39, 0.29) is 30.7 Å². The average Bonchev–Trinajstić information content (AvgIpc) is 2.87. The summed E-state index contributed by atoms with van der Waals surface area (Å²) >= 11 is 6.03. The molecular formula is C27H29ClN4O4. The lowest BCUT2D eigenvalue weighted by atomic mass is 10.1. The fourth-order valence-corrected chi connectivity index (χ4v) is 3.76. The van der Waals surface area contributed by atoms with Gasteiger partial charge in [-0.25, -0.2) is 4.99 Å². The van der Waals surface area contributed by atoms with E-state index in [1.165, 1.54) is 7.11 Å². The quantitative estimate of drug-likeness (QED) is 0.287. The van der Waals surface area contributed by atoms with Crippen molar-refractivity contribution in [3.8, 4) is 11.5 Å². The Morgan fingerprint density at radius 1 is 0.917 bits per heavy atom. The third-order valence-corrected chi connectivity index (χ3v) is 5.54. The number of nitrogens with one attached hydrogen (secondary N) is 2. The third kappa shape index (κ3) is 8.02. The van der Waals surface area contributed by atoms with Gasteiger partial charge in [0, 0.05) is 18.0 Å². The van der Waals surface area contributed by atoms with E-state index in [1.54, 1.807) is 37.4 Å². The van der Waals surface area contributed by atoms with Gasteiger partial charge >= 0.3 is 0 Å². The fourth-order valence-electron chi connectivity index (χ4n) is 3.55. The van der Waals surface area contributed by atoms with E-state index in [4.69, 9.17) is 26.8 Å². The molecule has 3 aromatic rings. The number of methoxy groups -OCH3 is 2. The number of benzene rings is 3. The van der Waals surface area contributed by atoms with Crippen LogP contribution in [0, 0.1) is 0 Å². The highest BCUT2D eigenvalue weighted by Crippen LogP contribution is 2.27. The molecule has 0 bridgehead atoms. The number of amides is 2. The highest BCUT2D eigenvalue weighted by molar-refractivity contribution is 6.30. The van der Waals surface area contributed by atoms with Gasteiger partial charge in [-0.15, -0.1) is 0 Å². The Hall–Kier alpha value is -4.04. The number of nitrogens with two attached hydrogens (primary N) is 1. The number of hydrogen-bond donors (Lipinski definition) is 3. The van der Waals surface area contributed by atoms with E-state index < -0.39 is 6.04 Å². The van der Waals surface area contributed by atoms with Crippen molar-refractivity contribution in [2.24, 2.45) is 10.7 Å². The number of ether oxygens (including phenoxy) is 2. The number of hydrogen-bond acceptors (Lipinski definition) is 5. The van der Waals surface area contributed by atoms with Gasteiger partial charge < -0.3 is 20.5 Å². The number of carbonyl (C=O) groups is 2. The molecule has 0 aliphatic carbocycles. The van der Waals surface area contributed by atoms with Crippen LogP contribution in [0.5, 0.6) is 11.5 Å². The van der Waals surface area contributed by atoms with Gasteiger partial charge in [-0.05, 0) is 41.0 Å². The highest BCUT2D eigenvalue weighted by Gasteiger charge is 2.19. The molecule has 0 saturated heterocycles. The molecule has 2 amide bonds. The van der Waals surface area contributed by atoms with Gasteiger partial charge in [0.1, 0.15) is 6.04 Å². The Labute approximate surface area is 215 Å². The number of halogens is 1. The van der Waals surface area contributed by atoms with E-state index in [0.29, 0.717) is 28.5 Å². The molecule has 4 N–H and O–H groups in total. The van der Waals surface area contributed by atoms with Gasteiger partial charge in [0.05, 0.1) is 20.6 Å². The predicted octanol–water partition coefficient (Wildman–Crippen LogP) is 3.26. The molecule has 36 heavy (non-hydrogen) atoms. The number of aliphatic imine (C=N–C) groups is 1. The second kappa shape index (κ2) is 13.2. The molecule has 188 valence electrons. The summed E-state index contributed by atoms with van der Waals surface area (Å²) in [6.07, 6.45) is 0.357. The van der Waals surface area contributed by atoms with Crippen molar-refractivity contribution in [3.63, 3.8) is 0 Å². The van der Waals surface area contributed by atoms with E-state index in [2.05, 4.69) is 15.6 Å². The molecule has 0 unspecified atom stereocenters. The summed E-state index contributed by atoms with van der Waals surface area (Å²) in [5, 5.41) is 6.02. The summed E-state index contributed by atoms with van der Waals surface area (Å²) in [7, 11) is 3.06. The number of guanidine groups is 1. The number of rotatable bonds is 10. The monoisotopic (exact) mass is 508 g/mol. The van der Waals surface area contributed by atoms with Crippen LogP contribution >= 0.6 is 11.6 Å². The number of nitrogens with zero attached hydrogens (tertiary/aromatic N) is 1. The van der Waals surface area contributed by atoms with Gasteiger partial charge in [-0.1, -0.05) is 60.1 Å². The van der Waals surface area contributed by atoms with Crippen LogP contribution in [-0.2, 0) is 29.0 Å². The summed E-state index contributed by atoms with van der Waals surface area (Å²) in [6, 6.07) is 21.0. The zero-order valence-corrected chi connectivity index (χ0v) is 20.9. The molecular weight excluding hydrogens is 480 g/mol. The molecule has 0 fully saturated rings. The molecule has 0 aliphatic heterocycles. The van der Waals surface area contributed by atoms with Gasteiger partial charge in [0.25, 0.3) is 0 Å². The lowest BCUT2D eigenvalue weighted by Crippen LogP contribution is -2.42. The van der Waals surface area contributed by atoms with E-state index >= 15 is 0 Å². The molecule has 0 radical (unpaired) electrons. The molecule has 0 saturated carbocycles. The van der Waals surface area contributed by atoms with Crippen LogP contribution in [0.1, 0.15) is 16.7 Å². The van der Waals surface area contributed by atoms with Crippen LogP contribution in [-0.4, -0.2) is 38.0 Å². The van der Waals surface area contributed by atoms with E-state index in [1.807, 2.05) is 42.5 Å². The predicted molar refractivity (Wildman–Crippen MR) is 140 cm³/mol. The minimum atomic E-state index is -0.840. The molecule has 0 aliphatic rings. The van der Waals surface area contributed by atoms with Gasteiger partial charge in [-0.3, -0.25) is 14.9 Å². The first-order valence-corrected chi connectivity index (χ1v) is 11.7. The Balaban J connectivity index is 1.69. The number of carbonyl (C=O) groups excluding carboxylic acids is 2. The zero-order valence-electron chi connectivity index (χ0n) is 20.2. The molecule has 0 spiro atoms. The van der Waals surface area contributed by atoms with Crippen molar-refractivity contribution in [3.05, 3.63) is 94.5 Å². The summed E-state index contributed by atoms with van der Waals surface area (Å²) in [4.78, 5) is 29.9. The van der Waals surface area contributed by atoms with Crippen LogP contribution < -0.4 is 25.8 Å². The van der Waals surface area contributed by atoms with Crippen molar-refractivity contribution < 1.29 is 19.1 Å². The average molecular weight is 509 g/mol. The summed E-state index contributed by atoms with van der Waals surface area (Å²) in [5.74, 6) is 0.246. The molecule has 3 aromatic carbocycles. The summed E-state index contributed by atoms with van der Waals surface area (Å²) < 4.78 is 10.5. The molecule has 3 rings (SSSR count). The molecule has 8 nitrogen and oxygen atoms in total. The Morgan fingerprint density at radius 2 is 1.64 bits per heavy atom. The molecule has 0 heterocycles. The largest absolute Gasteiger partial charge is 0.493 e. The SMILES string of the molecule is COc1ccc(CC(=O)NC(N)=N[C@H](Cc2ccccc2)C(=O)NCc2cccc(Cl)c2)cc1OC. The first kappa shape index (κ1) is 26.6. The maximum absolute atomic E-state index is 13.0. The van der Waals surface area contributed by atoms with Crippen molar-refractivity contribution >= 4 is 29.4 Å². The minimum absolute atomic E-state index is 0.0425. The Morgan fingerprint density at radius 3 is 2.33 bits per heavy atom. The van der Waals surface area contributed by atoms with E-state index in [0.717, 1.165) is 11.1 Å². The van der Waals surface area contributed by atoms with Crippen LogP contribution in [0.2, 0.25) is 5.02 Å². The molecule has 9 heteroatoms. The maximum atomic E-state index is 13.0. The smallest absolute Gasteiger partial charge is 0.245 e. The lowest BCUT2D eigenvalue weighted by Gasteiger charge is -2.15. The summed E-state index contributed by atoms with van der Waals surface area (Å²) in [6.45, 7) is 0.284. The van der Waals surface area contributed by atoms with Crippen molar-refractivity contribution in [2.45, 2.75) is 25.4 Å². The molecule has 1 atom stereocenters. The molecule has 0 aromatic heterocycles. The van der Waals surface area contributed by atoms with Gasteiger partial charge in [0.15, 0.2) is 17.5 Å². The first-order valence-electron chi connectivity index (χ1n) is 11.3. The second-order valence-corrected chi connectivity index (χ2v) is 8.42. The van der Waals surface area contributed by atoms with Crippen LogP contribution in [0.3, 0.4) is 0 Å². The maximum Gasteiger partial charge on any atom is 0.245 e. The van der Waals surface area contributed by atoms with E-state index in [9.17, 15) is 9.59 Å². The second-order valence-electron chi connectivity index (χ2n) is 7.98. The Bertz CT molecular complexity index is 1220. The minimum Gasteiger partial charge on any atom is -0.493 e. The standard InChI is InChI=1S/C27H29ClN4O4/c1-35-23-12-11-19(15-24(23)36-2)16-25(33)32-27(29)31-22(14-18-7-4-3-5-8-18)26(34)30-17-20-9-6-10-21(28)13-20/h3-13,15,22H,14,16-17H2,1-2H3,(H,30,34)(H3,29,31,32,33)/t22-/m1/s1. The van der Waals surface area contributed by atoms with Gasteiger partial charge in [-0.2, -0.15) is 0 Å². The highest BCUT2D eigenvalue weighted by atomic mass is 35.5. The zero-order chi connectivity index (χ0) is 25.9. The van der Waals surface area contributed by atoms with Gasteiger partial charge in [0.2, 0.25) is 11.8 Å². The Kier molecular flexibility index (Phi) is 9.71.